The topological polar surface area (TPSA) is 12.0 Å². The Morgan fingerprint density at radius 1 is 0.312 bits per heavy atom. The molecule has 1 aliphatic rings. The van der Waals surface area contributed by atoms with Gasteiger partial charge in [-0.05, 0) is 103 Å². The molecule has 0 aromatic heterocycles. The van der Waals surface area contributed by atoms with Crippen molar-refractivity contribution in [2.75, 3.05) is 5.32 Å². The summed E-state index contributed by atoms with van der Waals surface area (Å²) in [6.45, 7) is 0. The Labute approximate surface area is 281 Å². The average Bonchev–Trinajstić information content (AvgIpc) is 3.47. The Morgan fingerprint density at radius 3 is 1.48 bits per heavy atom. The van der Waals surface area contributed by atoms with Gasteiger partial charge in [0.25, 0.3) is 0 Å². The zero-order chi connectivity index (χ0) is 31.9. The van der Waals surface area contributed by atoms with E-state index in [0.717, 1.165) is 11.4 Å². The zero-order valence-corrected chi connectivity index (χ0v) is 26.5. The van der Waals surface area contributed by atoms with Crippen molar-refractivity contribution in [2.45, 2.75) is 5.41 Å². The molecule has 0 saturated heterocycles. The van der Waals surface area contributed by atoms with Crippen LogP contribution >= 0.6 is 0 Å². The molecule has 0 atom stereocenters. The minimum absolute atomic E-state index is 0.410. The van der Waals surface area contributed by atoms with Crippen molar-refractivity contribution >= 4 is 22.1 Å². The largest absolute Gasteiger partial charge is 0.356 e. The van der Waals surface area contributed by atoms with Crippen molar-refractivity contribution in [3.05, 3.63) is 216 Å². The number of anilines is 2. The highest BCUT2D eigenvalue weighted by Gasteiger charge is 2.45. The molecule has 1 aliphatic carbocycles. The monoisotopic (exact) mass is 611 g/mol. The van der Waals surface area contributed by atoms with Crippen LogP contribution in [0.15, 0.2) is 194 Å². The molecule has 0 heterocycles. The smallest absolute Gasteiger partial charge is 0.0714 e. The molecule has 0 spiro atoms. The van der Waals surface area contributed by atoms with Gasteiger partial charge in [0.1, 0.15) is 0 Å². The van der Waals surface area contributed by atoms with Crippen molar-refractivity contribution in [1.29, 1.82) is 0 Å². The van der Waals surface area contributed by atoms with Gasteiger partial charge in [-0.25, -0.2) is 0 Å². The molecule has 0 fully saturated rings. The molecule has 0 unspecified atom stereocenters. The van der Waals surface area contributed by atoms with Crippen molar-refractivity contribution < 1.29 is 0 Å². The van der Waals surface area contributed by atoms with E-state index in [2.05, 4.69) is 199 Å². The van der Waals surface area contributed by atoms with Crippen LogP contribution < -0.4 is 5.32 Å². The Morgan fingerprint density at radius 2 is 0.833 bits per heavy atom. The molecule has 48 heavy (non-hydrogen) atoms. The molecule has 226 valence electrons. The van der Waals surface area contributed by atoms with Gasteiger partial charge in [-0.3, -0.25) is 0 Å². The predicted octanol–water partition coefficient (Wildman–Crippen LogP) is 12.3. The summed E-state index contributed by atoms with van der Waals surface area (Å²) >= 11 is 0. The lowest BCUT2D eigenvalue weighted by Crippen LogP contribution is -2.28. The molecule has 8 aromatic rings. The number of fused-ring (bicyclic) bond motifs is 4. The van der Waals surface area contributed by atoms with E-state index in [1.165, 1.54) is 66.4 Å². The lowest BCUT2D eigenvalue weighted by atomic mass is 9.67. The number of hydrogen-bond donors (Lipinski definition) is 1. The second-order valence-electron chi connectivity index (χ2n) is 12.6. The summed E-state index contributed by atoms with van der Waals surface area (Å²) in [7, 11) is 0. The quantitative estimate of drug-likeness (QED) is 0.197. The van der Waals surface area contributed by atoms with Gasteiger partial charge in [0, 0.05) is 11.4 Å². The maximum Gasteiger partial charge on any atom is 0.0714 e. The van der Waals surface area contributed by atoms with Gasteiger partial charge in [-0.1, -0.05) is 158 Å². The SMILES string of the molecule is c1ccc(-c2ccc3ccc(-c4ccc(Nc5cccc(C6(c7ccccc7)c7ccccc7-c7ccccc76)c5)cc4)cc3c2)cc1. The van der Waals surface area contributed by atoms with Gasteiger partial charge in [-0.15, -0.1) is 0 Å². The Kier molecular flexibility index (Phi) is 6.76. The third-order valence-corrected chi connectivity index (χ3v) is 9.91. The van der Waals surface area contributed by atoms with Crippen LogP contribution in [0.25, 0.3) is 44.2 Å². The van der Waals surface area contributed by atoms with Gasteiger partial charge < -0.3 is 5.32 Å². The van der Waals surface area contributed by atoms with Crippen LogP contribution in [0.2, 0.25) is 0 Å². The highest BCUT2D eigenvalue weighted by Crippen LogP contribution is 2.56. The molecule has 9 rings (SSSR count). The molecule has 1 N–H and O–H groups in total. The van der Waals surface area contributed by atoms with E-state index < -0.39 is 5.41 Å². The molecular weight excluding hydrogens is 579 g/mol. The highest BCUT2D eigenvalue weighted by molar-refractivity contribution is 5.91. The summed E-state index contributed by atoms with van der Waals surface area (Å²) in [5.41, 5.74) is 14.4. The first kappa shape index (κ1) is 28.1. The molecule has 8 aromatic carbocycles. The summed E-state index contributed by atoms with van der Waals surface area (Å²) in [6, 6.07) is 70.5. The van der Waals surface area contributed by atoms with Crippen molar-refractivity contribution in [3.63, 3.8) is 0 Å². The molecular formula is C47H33N. The van der Waals surface area contributed by atoms with Gasteiger partial charge in [0.05, 0.1) is 5.41 Å². The van der Waals surface area contributed by atoms with Gasteiger partial charge in [0.15, 0.2) is 0 Å². The number of benzene rings is 8. The summed E-state index contributed by atoms with van der Waals surface area (Å²) in [4.78, 5) is 0. The minimum atomic E-state index is -0.410. The first-order valence-corrected chi connectivity index (χ1v) is 16.6. The standard InChI is InChI=1S/C47H33N/c1-3-12-33(13-4-1)36-24-22-35-23-25-37(31-38(35)30-36)34-26-28-41(29-27-34)48-42-17-11-16-40(32-42)47(39-14-5-2-6-15-39)45-20-9-7-18-43(45)44-19-8-10-21-46(44)47/h1-32,48H. The second kappa shape index (κ2) is 11.6. The Balaban J connectivity index is 1.06. The molecule has 0 amide bonds. The van der Waals surface area contributed by atoms with Crippen LogP contribution in [0.1, 0.15) is 22.3 Å². The summed E-state index contributed by atoms with van der Waals surface area (Å²) in [5.74, 6) is 0. The van der Waals surface area contributed by atoms with E-state index >= 15 is 0 Å². The minimum Gasteiger partial charge on any atom is -0.356 e. The molecule has 0 aliphatic heterocycles. The van der Waals surface area contributed by atoms with Gasteiger partial charge in [0.2, 0.25) is 0 Å². The van der Waals surface area contributed by atoms with Crippen molar-refractivity contribution in [2.24, 2.45) is 0 Å². The predicted molar refractivity (Wildman–Crippen MR) is 202 cm³/mol. The van der Waals surface area contributed by atoms with Crippen LogP contribution in [-0.2, 0) is 5.41 Å². The van der Waals surface area contributed by atoms with E-state index in [0.29, 0.717) is 0 Å². The van der Waals surface area contributed by atoms with Crippen LogP contribution in [0.4, 0.5) is 11.4 Å². The van der Waals surface area contributed by atoms with E-state index in [4.69, 9.17) is 0 Å². The van der Waals surface area contributed by atoms with E-state index in [1.54, 1.807) is 0 Å². The summed E-state index contributed by atoms with van der Waals surface area (Å²) < 4.78 is 0. The maximum atomic E-state index is 3.72. The van der Waals surface area contributed by atoms with E-state index in [9.17, 15) is 0 Å². The maximum absolute atomic E-state index is 3.72. The first-order chi connectivity index (χ1) is 23.8. The number of hydrogen-bond acceptors (Lipinski definition) is 1. The zero-order valence-electron chi connectivity index (χ0n) is 26.5. The van der Waals surface area contributed by atoms with Crippen molar-refractivity contribution in [3.8, 4) is 33.4 Å². The lowest BCUT2D eigenvalue weighted by Gasteiger charge is -2.34. The first-order valence-electron chi connectivity index (χ1n) is 16.6. The highest BCUT2D eigenvalue weighted by atomic mass is 14.9. The van der Waals surface area contributed by atoms with Crippen LogP contribution in [0.5, 0.6) is 0 Å². The second-order valence-corrected chi connectivity index (χ2v) is 12.6. The number of nitrogens with one attached hydrogen (secondary N) is 1. The number of rotatable bonds is 6. The van der Waals surface area contributed by atoms with Crippen LogP contribution in [-0.4, -0.2) is 0 Å². The molecule has 1 heteroatoms. The third kappa shape index (κ3) is 4.63. The van der Waals surface area contributed by atoms with Gasteiger partial charge >= 0.3 is 0 Å². The van der Waals surface area contributed by atoms with Crippen LogP contribution in [0.3, 0.4) is 0 Å². The lowest BCUT2D eigenvalue weighted by molar-refractivity contribution is 0.769. The van der Waals surface area contributed by atoms with Crippen LogP contribution in [0, 0.1) is 0 Å². The summed E-state index contributed by atoms with van der Waals surface area (Å²) in [6.07, 6.45) is 0. The molecule has 0 saturated carbocycles. The molecule has 0 bridgehead atoms. The van der Waals surface area contributed by atoms with E-state index in [-0.39, 0.29) is 0 Å². The fraction of sp³-hybridized carbons (Fsp3) is 0.0213. The summed E-state index contributed by atoms with van der Waals surface area (Å²) in [5, 5.41) is 6.21. The Bertz CT molecular complexity index is 2360. The normalized spacial score (nSPS) is 12.8. The molecule has 0 radical (unpaired) electrons. The molecule has 1 nitrogen and oxygen atoms in total. The Hall–Kier alpha value is -6.18. The van der Waals surface area contributed by atoms with Gasteiger partial charge in [-0.2, -0.15) is 0 Å². The third-order valence-electron chi connectivity index (χ3n) is 9.91. The van der Waals surface area contributed by atoms with Crippen molar-refractivity contribution in [1.82, 2.24) is 0 Å². The fourth-order valence-corrected chi connectivity index (χ4v) is 7.69. The fourth-order valence-electron chi connectivity index (χ4n) is 7.69. The van der Waals surface area contributed by atoms with E-state index in [1.807, 2.05) is 0 Å². The average molecular weight is 612 g/mol.